The second-order valence-electron chi connectivity index (χ2n) is 4.67. The third-order valence-electron chi connectivity index (χ3n) is 3.20. The van der Waals surface area contributed by atoms with Crippen LogP contribution in [0, 0.1) is 50.6 Å². The molecule has 0 saturated carbocycles. The lowest BCUT2D eigenvalue weighted by atomic mass is 10.0. The van der Waals surface area contributed by atoms with Crippen LogP contribution in [-0.4, -0.2) is 29.6 Å². The molecule has 27 heavy (non-hydrogen) atoms. The highest BCUT2D eigenvalue weighted by Gasteiger charge is 2.39. The summed E-state index contributed by atoms with van der Waals surface area (Å²) in [7, 11) is 0. The molecule has 1 aromatic heterocycles. The number of aromatic nitrogens is 1. The van der Waals surface area contributed by atoms with Crippen molar-refractivity contribution in [3.05, 3.63) is 75.0 Å². The highest BCUT2D eigenvalue weighted by molar-refractivity contribution is 5.88. The predicted molar refractivity (Wildman–Crippen MR) is 82.9 cm³/mol. The number of hydrogen-bond acceptors (Lipinski definition) is 11. The van der Waals surface area contributed by atoms with Crippen molar-refractivity contribution in [3.8, 4) is 11.3 Å². The standard InChI is InChI=1S/C11H4N6O10/c18-13(19)5-3-7(15(22)23)9(8(4-5)16(24)25)10-11(17(26)27)6(14(20)21)1-2-12-10/h1-4H. The van der Waals surface area contributed by atoms with E-state index in [-0.39, 0.29) is 0 Å². The minimum Gasteiger partial charge on any atom is -0.258 e. The Morgan fingerprint density at radius 2 is 1.15 bits per heavy atom. The van der Waals surface area contributed by atoms with Crippen molar-refractivity contribution in [2.24, 2.45) is 0 Å². The number of nitro groups is 5. The molecule has 1 heterocycles. The molecule has 0 unspecified atom stereocenters. The fourth-order valence-electron chi connectivity index (χ4n) is 2.19. The summed E-state index contributed by atoms with van der Waals surface area (Å²) in [6.45, 7) is 0. The third-order valence-corrected chi connectivity index (χ3v) is 3.20. The van der Waals surface area contributed by atoms with E-state index in [1.165, 1.54) is 0 Å². The zero-order valence-corrected chi connectivity index (χ0v) is 12.6. The first kappa shape index (κ1) is 18.7. The Bertz CT molecular complexity index is 999. The van der Waals surface area contributed by atoms with Gasteiger partial charge in [0.25, 0.3) is 17.1 Å². The number of nitro benzene ring substituents is 3. The van der Waals surface area contributed by atoms with E-state index in [4.69, 9.17) is 0 Å². The van der Waals surface area contributed by atoms with Crippen LogP contribution in [0.15, 0.2) is 24.4 Å². The van der Waals surface area contributed by atoms with Crippen LogP contribution in [0.1, 0.15) is 0 Å². The van der Waals surface area contributed by atoms with Crippen LogP contribution >= 0.6 is 0 Å². The molecular weight excluding hydrogens is 376 g/mol. The van der Waals surface area contributed by atoms with Crippen molar-refractivity contribution < 1.29 is 24.6 Å². The number of nitrogens with zero attached hydrogens (tertiary/aromatic N) is 6. The maximum Gasteiger partial charge on any atom is 0.372 e. The molecule has 16 nitrogen and oxygen atoms in total. The highest BCUT2D eigenvalue weighted by Crippen LogP contribution is 2.45. The van der Waals surface area contributed by atoms with Crippen molar-refractivity contribution in [2.45, 2.75) is 0 Å². The van der Waals surface area contributed by atoms with Gasteiger partial charge in [0.2, 0.25) is 0 Å². The van der Waals surface area contributed by atoms with Gasteiger partial charge in [0.15, 0.2) is 11.3 Å². The fraction of sp³-hybridized carbons (Fsp3) is 0. The summed E-state index contributed by atoms with van der Waals surface area (Å²) in [6.07, 6.45) is 0.690. The summed E-state index contributed by atoms with van der Waals surface area (Å²) < 4.78 is 0. The SMILES string of the molecule is O=[N+]([O-])c1cc([N+](=O)[O-])c(-c2nccc([N+](=O)[O-])c2[N+](=O)[O-])c([N+](=O)[O-])c1. The van der Waals surface area contributed by atoms with Gasteiger partial charge >= 0.3 is 11.4 Å². The van der Waals surface area contributed by atoms with Gasteiger partial charge in [0.05, 0.1) is 36.7 Å². The normalized spacial score (nSPS) is 10.2. The van der Waals surface area contributed by atoms with Crippen LogP contribution in [0.3, 0.4) is 0 Å². The number of pyridine rings is 1. The van der Waals surface area contributed by atoms with Crippen LogP contribution in [0.2, 0.25) is 0 Å². The number of benzene rings is 1. The number of non-ortho nitro benzene ring substituents is 1. The molecule has 0 radical (unpaired) electrons. The molecule has 0 fully saturated rings. The first-order valence-electron chi connectivity index (χ1n) is 6.45. The van der Waals surface area contributed by atoms with E-state index < -0.39 is 64.3 Å². The molecule has 0 aliphatic rings. The Kier molecular flexibility index (Phi) is 4.64. The molecule has 0 bridgehead atoms. The topological polar surface area (TPSA) is 229 Å². The van der Waals surface area contributed by atoms with Gasteiger partial charge < -0.3 is 0 Å². The van der Waals surface area contributed by atoms with Crippen molar-refractivity contribution >= 4 is 28.4 Å². The van der Waals surface area contributed by atoms with Gasteiger partial charge in [-0.25, -0.2) is 4.98 Å². The summed E-state index contributed by atoms with van der Waals surface area (Å²) in [5.41, 5.74) is -8.06. The lowest BCUT2D eigenvalue weighted by Gasteiger charge is -2.05. The molecule has 2 aromatic rings. The Morgan fingerprint density at radius 1 is 0.667 bits per heavy atom. The van der Waals surface area contributed by atoms with Crippen LogP contribution in [-0.2, 0) is 0 Å². The van der Waals surface area contributed by atoms with E-state index in [2.05, 4.69) is 4.98 Å². The average Bonchev–Trinajstić information content (AvgIpc) is 2.59. The summed E-state index contributed by atoms with van der Waals surface area (Å²) in [5.74, 6) is 0. The molecule has 2 rings (SSSR count). The highest BCUT2D eigenvalue weighted by atomic mass is 16.6. The maximum absolute atomic E-state index is 11.3. The number of hydrogen-bond donors (Lipinski definition) is 0. The first-order valence-corrected chi connectivity index (χ1v) is 6.45. The lowest BCUT2D eigenvalue weighted by Crippen LogP contribution is -2.05. The molecular formula is C11H4N6O10. The van der Waals surface area contributed by atoms with E-state index in [1.807, 2.05) is 0 Å². The van der Waals surface area contributed by atoms with Gasteiger partial charge in [0.1, 0.15) is 0 Å². The van der Waals surface area contributed by atoms with E-state index in [0.717, 1.165) is 0 Å². The van der Waals surface area contributed by atoms with Crippen molar-refractivity contribution in [3.63, 3.8) is 0 Å². The summed E-state index contributed by atoms with van der Waals surface area (Å²) >= 11 is 0. The van der Waals surface area contributed by atoms with E-state index in [1.54, 1.807) is 0 Å². The van der Waals surface area contributed by atoms with E-state index in [9.17, 15) is 50.6 Å². The third kappa shape index (κ3) is 3.29. The van der Waals surface area contributed by atoms with E-state index in [0.29, 0.717) is 24.4 Å². The Morgan fingerprint density at radius 3 is 1.52 bits per heavy atom. The predicted octanol–water partition coefficient (Wildman–Crippen LogP) is 2.29. The number of rotatable bonds is 6. The minimum absolute atomic E-state index is 0.340. The van der Waals surface area contributed by atoms with E-state index >= 15 is 0 Å². The molecule has 0 aliphatic heterocycles. The van der Waals surface area contributed by atoms with Gasteiger partial charge in [-0.05, 0) is 0 Å². The quantitative estimate of drug-likeness (QED) is 0.521. The van der Waals surface area contributed by atoms with Crippen molar-refractivity contribution in [1.82, 2.24) is 4.98 Å². The first-order chi connectivity index (χ1) is 12.6. The summed E-state index contributed by atoms with van der Waals surface area (Å²) in [4.78, 5) is 53.0. The Balaban J connectivity index is 3.07. The average molecular weight is 380 g/mol. The summed E-state index contributed by atoms with van der Waals surface area (Å²) in [6, 6.07) is 1.31. The van der Waals surface area contributed by atoms with Crippen molar-refractivity contribution in [1.29, 1.82) is 0 Å². The largest absolute Gasteiger partial charge is 0.372 e. The Hall–Kier alpha value is -4.63. The molecule has 1 aromatic carbocycles. The van der Waals surface area contributed by atoms with Crippen molar-refractivity contribution in [2.75, 3.05) is 0 Å². The fourth-order valence-corrected chi connectivity index (χ4v) is 2.19. The molecule has 16 heteroatoms. The molecule has 0 aliphatic carbocycles. The molecule has 0 saturated heterocycles. The van der Waals surface area contributed by atoms with Gasteiger partial charge in [-0.1, -0.05) is 0 Å². The van der Waals surface area contributed by atoms with Crippen LogP contribution in [0.5, 0.6) is 0 Å². The van der Waals surface area contributed by atoms with Gasteiger partial charge in [-0.3, -0.25) is 50.6 Å². The smallest absolute Gasteiger partial charge is 0.258 e. The second-order valence-corrected chi connectivity index (χ2v) is 4.67. The summed E-state index contributed by atoms with van der Waals surface area (Å²) in [5, 5.41) is 55.7. The molecule has 0 N–H and O–H groups in total. The van der Waals surface area contributed by atoms with Gasteiger partial charge in [-0.15, -0.1) is 0 Å². The zero-order valence-electron chi connectivity index (χ0n) is 12.6. The molecule has 138 valence electrons. The van der Waals surface area contributed by atoms with Crippen LogP contribution in [0.25, 0.3) is 11.3 Å². The monoisotopic (exact) mass is 380 g/mol. The maximum atomic E-state index is 11.3. The van der Waals surface area contributed by atoms with Crippen LogP contribution in [0.4, 0.5) is 28.4 Å². The Labute approximate surface area is 145 Å². The molecule has 0 spiro atoms. The minimum atomic E-state index is -1.33. The van der Waals surface area contributed by atoms with Gasteiger partial charge in [-0.2, -0.15) is 0 Å². The van der Waals surface area contributed by atoms with Crippen LogP contribution < -0.4 is 0 Å². The zero-order chi connectivity index (χ0) is 20.5. The van der Waals surface area contributed by atoms with Gasteiger partial charge in [0, 0.05) is 12.3 Å². The molecule has 0 atom stereocenters. The lowest BCUT2D eigenvalue weighted by molar-refractivity contribution is -0.422. The molecule has 0 amide bonds. The second kappa shape index (κ2) is 6.70.